The van der Waals surface area contributed by atoms with E-state index in [1.54, 1.807) is 57.0 Å². The standard InChI is InChI=1S/C24H22ClF2N5O3/c1-24(2,3)35-23(34)32-19-6-5-13(7-16(19)22(30-32)14-11-28-31(4)12-14)21-17(26)8-15(9-18(21)27)29-20(33)10-25/h5-9,11-12H,10H2,1-4H3,(H,29,33). The van der Waals surface area contributed by atoms with Crippen LogP contribution in [0.5, 0.6) is 0 Å². The van der Waals surface area contributed by atoms with Gasteiger partial charge in [0.25, 0.3) is 0 Å². The number of halogens is 3. The molecular weight excluding hydrogens is 480 g/mol. The highest BCUT2D eigenvalue weighted by molar-refractivity contribution is 6.29. The maximum Gasteiger partial charge on any atom is 0.435 e. The van der Waals surface area contributed by atoms with E-state index >= 15 is 0 Å². The zero-order valence-electron chi connectivity index (χ0n) is 19.4. The van der Waals surface area contributed by atoms with Gasteiger partial charge in [-0.3, -0.25) is 9.48 Å². The number of carbonyl (C=O) groups is 2. The van der Waals surface area contributed by atoms with Crippen LogP contribution in [0, 0.1) is 11.6 Å². The average molecular weight is 502 g/mol. The monoisotopic (exact) mass is 501 g/mol. The van der Waals surface area contributed by atoms with Crippen LogP contribution < -0.4 is 5.32 Å². The first kappa shape index (κ1) is 24.3. The van der Waals surface area contributed by atoms with Crippen LogP contribution in [0.25, 0.3) is 33.3 Å². The summed E-state index contributed by atoms with van der Waals surface area (Å²) in [6, 6.07) is 6.60. The van der Waals surface area contributed by atoms with E-state index in [1.165, 1.54) is 6.07 Å². The van der Waals surface area contributed by atoms with Crippen molar-refractivity contribution in [1.82, 2.24) is 19.6 Å². The fraction of sp³-hybridized carbons (Fsp3) is 0.250. The zero-order valence-corrected chi connectivity index (χ0v) is 20.2. The molecule has 4 aromatic rings. The minimum absolute atomic E-state index is 0.0516. The molecule has 4 rings (SSSR count). The number of carbonyl (C=O) groups excluding carboxylic acids is 2. The lowest BCUT2D eigenvalue weighted by Crippen LogP contribution is -2.27. The Labute approximate surface area is 204 Å². The van der Waals surface area contributed by atoms with Gasteiger partial charge in [0.2, 0.25) is 5.91 Å². The molecule has 2 aromatic heterocycles. The van der Waals surface area contributed by atoms with Crippen molar-refractivity contribution in [2.75, 3.05) is 11.2 Å². The molecule has 0 saturated carbocycles. The highest BCUT2D eigenvalue weighted by Gasteiger charge is 2.24. The Balaban J connectivity index is 1.87. The van der Waals surface area contributed by atoms with Crippen molar-refractivity contribution in [3.05, 3.63) is 54.4 Å². The van der Waals surface area contributed by atoms with Gasteiger partial charge in [-0.25, -0.2) is 13.6 Å². The summed E-state index contributed by atoms with van der Waals surface area (Å²) in [6.45, 7) is 5.21. The molecule has 0 bridgehead atoms. The van der Waals surface area contributed by atoms with Crippen molar-refractivity contribution >= 4 is 40.2 Å². The molecule has 0 aliphatic heterocycles. The summed E-state index contributed by atoms with van der Waals surface area (Å²) in [5.41, 5.74) is 0.522. The molecule has 2 aromatic carbocycles. The Morgan fingerprint density at radius 2 is 1.80 bits per heavy atom. The lowest BCUT2D eigenvalue weighted by Gasteiger charge is -2.19. The molecule has 35 heavy (non-hydrogen) atoms. The van der Waals surface area contributed by atoms with Gasteiger partial charge in [-0.15, -0.1) is 11.6 Å². The molecule has 0 unspecified atom stereocenters. The number of aryl methyl sites for hydroxylation is 1. The second-order valence-electron chi connectivity index (χ2n) is 8.87. The third kappa shape index (κ3) is 5.02. The van der Waals surface area contributed by atoms with Crippen molar-refractivity contribution in [3.63, 3.8) is 0 Å². The first-order chi connectivity index (χ1) is 16.5. The van der Waals surface area contributed by atoms with Crippen LogP contribution in [0.4, 0.5) is 19.3 Å². The molecule has 11 heteroatoms. The molecule has 182 valence electrons. The summed E-state index contributed by atoms with van der Waals surface area (Å²) in [4.78, 5) is 24.3. The number of nitrogens with zero attached hydrogens (tertiary/aromatic N) is 4. The van der Waals surface area contributed by atoms with Crippen molar-refractivity contribution in [2.24, 2.45) is 7.05 Å². The van der Waals surface area contributed by atoms with E-state index in [-0.39, 0.29) is 22.7 Å². The summed E-state index contributed by atoms with van der Waals surface area (Å²) in [5.74, 6) is -2.69. The van der Waals surface area contributed by atoms with Gasteiger partial charge in [-0.2, -0.15) is 14.9 Å². The smallest absolute Gasteiger partial charge is 0.435 e. The molecule has 0 spiro atoms. The number of anilines is 1. The number of rotatable bonds is 4. The van der Waals surface area contributed by atoms with Crippen molar-refractivity contribution in [2.45, 2.75) is 26.4 Å². The minimum atomic E-state index is -0.878. The Hall–Kier alpha value is -3.79. The Bertz CT molecular complexity index is 1430. The average Bonchev–Trinajstić information content (AvgIpc) is 3.35. The number of alkyl halides is 1. The number of fused-ring (bicyclic) bond motifs is 1. The second-order valence-corrected chi connectivity index (χ2v) is 9.14. The fourth-order valence-corrected chi connectivity index (χ4v) is 3.66. The quantitative estimate of drug-likeness (QED) is 0.381. The molecular formula is C24H22ClF2N5O3. The van der Waals surface area contributed by atoms with Gasteiger partial charge in [0.05, 0.1) is 17.3 Å². The van der Waals surface area contributed by atoms with Crippen LogP contribution in [-0.2, 0) is 16.6 Å². The Morgan fingerprint density at radius 3 is 2.37 bits per heavy atom. The van der Waals surface area contributed by atoms with Gasteiger partial charge in [0.15, 0.2) is 0 Å². The highest BCUT2D eigenvalue weighted by Crippen LogP contribution is 2.35. The van der Waals surface area contributed by atoms with Gasteiger partial charge in [0.1, 0.15) is 28.8 Å². The van der Waals surface area contributed by atoms with Crippen molar-refractivity contribution < 1.29 is 23.1 Å². The maximum atomic E-state index is 15.0. The fourth-order valence-electron chi connectivity index (χ4n) is 3.59. The summed E-state index contributed by atoms with van der Waals surface area (Å²) in [7, 11) is 1.73. The number of nitrogens with one attached hydrogen (secondary N) is 1. The molecule has 0 radical (unpaired) electrons. The zero-order chi connectivity index (χ0) is 25.5. The molecule has 1 N–H and O–H groups in total. The van der Waals surface area contributed by atoms with Crippen molar-refractivity contribution in [3.8, 4) is 22.4 Å². The van der Waals surface area contributed by atoms with Gasteiger partial charge >= 0.3 is 6.09 Å². The SMILES string of the molecule is Cn1cc(-c2nn(C(=O)OC(C)(C)C)c3ccc(-c4c(F)cc(NC(=O)CCl)cc4F)cc23)cn1. The predicted octanol–water partition coefficient (Wildman–Crippen LogP) is 5.34. The topological polar surface area (TPSA) is 91.0 Å². The van der Waals surface area contributed by atoms with Crippen LogP contribution in [-0.4, -0.2) is 43.0 Å². The number of hydrogen-bond acceptors (Lipinski definition) is 5. The van der Waals surface area contributed by atoms with Crippen LogP contribution in [0.1, 0.15) is 20.8 Å². The Kier molecular flexibility index (Phi) is 6.33. The van der Waals surface area contributed by atoms with E-state index in [1.807, 2.05) is 0 Å². The van der Waals surface area contributed by atoms with E-state index in [0.717, 1.165) is 16.8 Å². The third-order valence-electron chi connectivity index (χ3n) is 4.96. The molecule has 2 heterocycles. The third-order valence-corrected chi connectivity index (χ3v) is 5.20. The summed E-state index contributed by atoms with van der Waals surface area (Å²) in [6.07, 6.45) is 2.59. The van der Waals surface area contributed by atoms with Crippen molar-refractivity contribution in [1.29, 1.82) is 0 Å². The number of aromatic nitrogens is 4. The molecule has 0 saturated heterocycles. The van der Waals surface area contributed by atoms with E-state index < -0.39 is 29.2 Å². The van der Waals surface area contributed by atoms with Gasteiger partial charge in [-0.05, 0) is 50.6 Å². The molecule has 1 amide bonds. The number of hydrogen-bond donors (Lipinski definition) is 1. The van der Waals surface area contributed by atoms with Crippen LogP contribution in [0.3, 0.4) is 0 Å². The summed E-state index contributed by atoms with van der Waals surface area (Å²) < 4.78 is 38.1. The predicted molar refractivity (Wildman–Crippen MR) is 128 cm³/mol. The number of ether oxygens (including phenoxy) is 1. The number of benzene rings is 2. The molecule has 0 fully saturated rings. The van der Waals surface area contributed by atoms with E-state index in [2.05, 4.69) is 15.5 Å². The lowest BCUT2D eigenvalue weighted by molar-refractivity contribution is -0.113. The Morgan fingerprint density at radius 1 is 1.11 bits per heavy atom. The van der Waals surface area contributed by atoms with Crippen LogP contribution in [0.2, 0.25) is 0 Å². The first-order valence-electron chi connectivity index (χ1n) is 10.6. The maximum absolute atomic E-state index is 15.0. The molecule has 0 aliphatic carbocycles. The lowest BCUT2D eigenvalue weighted by atomic mass is 10.0. The minimum Gasteiger partial charge on any atom is -0.442 e. The molecule has 8 nitrogen and oxygen atoms in total. The second kappa shape index (κ2) is 9.10. The van der Waals surface area contributed by atoms with E-state index in [9.17, 15) is 18.4 Å². The summed E-state index contributed by atoms with van der Waals surface area (Å²) in [5, 5.41) is 11.4. The molecule has 0 atom stereocenters. The number of amides is 1. The van der Waals surface area contributed by atoms with E-state index in [4.69, 9.17) is 16.3 Å². The van der Waals surface area contributed by atoms with Crippen LogP contribution in [0.15, 0.2) is 42.7 Å². The van der Waals surface area contributed by atoms with Gasteiger partial charge < -0.3 is 10.1 Å². The van der Waals surface area contributed by atoms with E-state index in [0.29, 0.717) is 22.2 Å². The van der Waals surface area contributed by atoms with Gasteiger partial charge in [-0.1, -0.05) is 6.07 Å². The molecule has 0 aliphatic rings. The highest BCUT2D eigenvalue weighted by atomic mass is 35.5. The van der Waals surface area contributed by atoms with Gasteiger partial charge in [0, 0.05) is 29.9 Å². The summed E-state index contributed by atoms with van der Waals surface area (Å²) >= 11 is 5.44. The normalized spacial score (nSPS) is 11.6. The van der Waals surface area contributed by atoms with Crippen LogP contribution >= 0.6 is 11.6 Å². The first-order valence-corrected chi connectivity index (χ1v) is 11.1. The largest absolute Gasteiger partial charge is 0.442 e.